The van der Waals surface area contributed by atoms with E-state index in [0.717, 1.165) is 16.9 Å². The van der Waals surface area contributed by atoms with Crippen molar-refractivity contribution in [3.05, 3.63) is 53.0 Å². The van der Waals surface area contributed by atoms with Crippen molar-refractivity contribution in [3.63, 3.8) is 0 Å². The standard InChI is InChI=1S/C14H17NO3S/c1-10-4-5-11(2)14(8-10)19(16,17)15-9-13-7-6-12(3)18-13/h4-8,15H,9H2,1-3H3. The number of furan rings is 1. The summed E-state index contributed by atoms with van der Waals surface area (Å²) in [5.41, 5.74) is 1.65. The SMILES string of the molecule is Cc1ccc(C)c(S(=O)(=O)NCc2ccc(C)o2)c1. The van der Waals surface area contributed by atoms with Crippen molar-refractivity contribution in [3.8, 4) is 0 Å². The smallest absolute Gasteiger partial charge is 0.241 e. The number of aryl methyl sites for hydroxylation is 3. The van der Waals surface area contributed by atoms with E-state index in [-0.39, 0.29) is 6.54 Å². The molecule has 102 valence electrons. The summed E-state index contributed by atoms with van der Waals surface area (Å²) in [5, 5.41) is 0. The molecular weight excluding hydrogens is 262 g/mol. The molecule has 1 N–H and O–H groups in total. The molecule has 19 heavy (non-hydrogen) atoms. The average molecular weight is 279 g/mol. The normalized spacial score (nSPS) is 11.7. The molecule has 1 heterocycles. The van der Waals surface area contributed by atoms with Gasteiger partial charge >= 0.3 is 0 Å². The van der Waals surface area contributed by atoms with Crippen LogP contribution in [0.1, 0.15) is 22.6 Å². The van der Waals surface area contributed by atoms with Crippen LogP contribution in [-0.2, 0) is 16.6 Å². The fourth-order valence-electron chi connectivity index (χ4n) is 1.82. The third-order valence-electron chi connectivity index (χ3n) is 2.87. The Morgan fingerprint density at radius 2 is 1.84 bits per heavy atom. The Hall–Kier alpha value is -1.59. The minimum Gasteiger partial charge on any atom is -0.465 e. The van der Waals surface area contributed by atoms with E-state index in [1.165, 1.54) is 0 Å². The van der Waals surface area contributed by atoms with Crippen LogP contribution in [0.3, 0.4) is 0 Å². The molecule has 0 bridgehead atoms. The van der Waals surface area contributed by atoms with Gasteiger partial charge in [-0.05, 0) is 50.1 Å². The lowest BCUT2D eigenvalue weighted by Gasteiger charge is -2.09. The summed E-state index contributed by atoms with van der Waals surface area (Å²) in [6, 6.07) is 8.94. The van der Waals surface area contributed by atoms with Crippen molar-refractivity contribution in [2.24, 2.45) is 0 Å². The second-order valence-electron chi connectivity index (χ2n) is 4.61. The molecule has 0 saturated carbocycles. The van der Waals surface area contributed by atoms with E-state index < -0.39 is 10.0 Å². The molecule has 0 aliphatic rings. The van der Waals surface area contributed by atoms with Crippen molar-refractivity contribution in [2.45, 2.75) is 32.2 Å². The molecule has 0 unspecified atom stereocenters. The van der Waals surface area contributed by atoms with Gasteiger partial charge in [0.25, 0.3) is 0 Å². The van der Waals surface area contributed by atoms with Crippen LogP contribution in [0.2, 0.25) is 0 Å². The van der Waals surface area contributed by atoms with Crippen LogP contribution in [-0.4, -0.2) is 8.42 Å². The minimum atomic E-state index is -3.51. The molecule has 1 aromatic carbocycles. The quantitative estimate of drug-likeness (QED) is 0.936. The topological polar surface area (TPSA) is 59.3 Å². The summed E-state index contributed by atoms with van der Waals surface area (Å²) < 4.78 is 32.4. The molecular formula is C14H17NO3S. The molecule has 0 aliphatic heterocycles. The van der Waals surface area contributed by atoms with Gasteiger partial charge in [0.2, 0.25) is 10.0 Å². The highest BCUT2D eigenvalue weighted by Crippen LogP contribution is 2.17. The Morgan fingerprint density at radius 3 is 2.47 bits per heavy atom. The lowest BCUT2D eigenvalue weighted by atomic mass is 10.2. The first-order valence-corrected chi connectivity index (χ1v) is 7.49. The molecule has 4 nitrogen and oxygen atoms in total. The van der Waals surface area contributed by atoms with Gasteiger partial charge in [-0.25, -0.2) is 13.1 Å². The Balaban J connectivity index is 2.20. The van der Waals surface area contributed by atoms with Crippen molar-refractivity contribution in [2.75, 3.05) is 0 Å². The summed E-state index contributed by atoms with van der Waals surface area (Å²) >= 11 is 0. The van der Waals surface area contributed by atoms with E-state index in [1.54, 1.807) is 25.1 Å². The van der Waals surface area contributed by atoms with E-state index in [4.69, 9.17) is 4.42 Å². The van der Waals surface area contributed by atoms with Gasteiger partial charge in [0, 0.05) is 0 Å². The molecule has 1 aromatic heterocycles. The number of benzene rings is 1. The number of sulfonamides is 1. The van der Waals surface area contributed by atoms with Crippen molar-refractivity contribution < 1.29 is 12.8 Å². The third kappa shape index (κ3) is 3.24. The Labute approximate surface area is 113 Å². The van der Waals surface area contributed by atoms with Crippen LogP contribution in [0.15, 0.2) is 39.6 Å². The molecule has 2 aromatic rings. The summed E-state index contributed by atoms with van der Waals surface area (Å²) in [6.07, 6.45) is 0. The molecule has 0 spiro atoms. The van der Waals surface area contributed by atoms with E-state index in [9.17, 15) is 8.42 Å². The monoisotopic (exact) mass is 279 g/mol. The van der Waals surface area contributed by atoms with Crippen molar-refractivity contribution >= 4 is 10.0 Å². The number of rotatable bonds is 4. The molecule has 0 fully saturated rings. The number of hydrogen-bond donors (Lipinski definition) is 1. The van der Waals surface area contributed by atoms with Crippen LogP contribution in [0.25, 0.3) is 0 Å². The zero-order valence-corrected chi connectivity index (χ0v) is 12.0. The summed E-state index contributed by atoms with van der Waals surface area (Å²) in [4.78, 5) is 0.316. The van der Waals surface area contributed by atoms with Gasteiger partial charge in [0.15, 0.2) is 0 Å². The van der Waals surface area contributed by atoms with Crippen LogP contribution < -0.4 is 4.72 Å². The Bertz CT molecular complexity index is 686. The van der Waals surface area contributed by atoms with E-state index in [1.807, 2.05) is 26.0 Å². The maximum Gasteiger partial charge on any atom is 0.241 e. The lowest BCUT2D eigenvalue weighted by molar-refractivity contribution is 0.475. The van der Waals surface area contributed by atoms with E-state index in [2.05, 4.69) is 4.72 Å². The van der Waals surface area contributed by atoms with Crippen LogP contribution in [0.5, 0.6) is 0 Å². The molecule has 2 rings (SSSR count). The van der Waals surface area contributed by atoms with Gasteiger partial charge in [-0.1, -0.05) is 12.1 Å². The maximum atomic E-state index is 12.2. The van der Waals surface area contributed by atoms with E-state index >= 15 is 0 Å². The first-order valence-electron chi connectivity index (χ1n) is 6.01. The van der Waals surface area contributed by atoms with Crippen LogP contribution in [0, 0.1) is 20.8 Å². The number of nitrogens with one attached hydrogen (secondary N) is 1. The fraction of sp³-hybridized carbons (Fsp3) is 0.286. The Morgan fingerprint density at radius 1 is 1.11 bits per heavy atom. The summed E-state index contributed by atoms with van der Waals surface area (Å²) in [7, 11) is -3.51. The van der Waals surface area contributed by atoms with Crippen LogP contribution in [0.4, 0.5) is 0 Å². The predicted molar refractivity (Wildman–Crippen MR) is 73.4 cm³/mol. The molecule has 5 heteroatoms. The van der Waals surface area contributed by atoms with Gasteiger partial charge in [0.1, 0.15) is 11.5 Å². The molecule has 0 radical (unpaired) electrons. The average Bonchev–Trinajstić information content (AvgIpc) is 2.76. The zero-order chi connectivity index (χ0) is 14.0. The third-order valence-corrected chi connectivity index (χ3v) is 4.41. The highest BCUT2D eigenvalue weighted by atomic mass is 32.2. The highest BCUT2D eigenvalue weighted by molar-refractivity contribution is 7.89. The first-order chi connectivity index (χ1) is 8.88. The van der Waals surface area contributed by atoms with Gasteiger partial charge in [-0.2, -0.15) is 0 Å². The van der Waals surface area contributed by atoms with Gasteiger partial charge < -0.3 is 4.42 Å². The predicted octanol–water partition coefficient (Wildman–Crippen LogP) is 2.68. The summed E-state index contributed by atoms with van der Waals surface area (Å²) in [5.74, 6) is 1.37. The first kappa shape index (κ1) is 13.8. The fourth-order valence-corrected chi connectivity index (χ4v) is 3.14. The molecule has 0 atom stereocenters. The van der Waals surface area contributed by atoms with E-state index in [0.29, 0.717) is 10.7 Å². The largest absolute Gasteiger partial charge is 0.465 e. The second-order valence-corrected chi connectivity index (χ2v) is 6.34. The van der Waals surface area contributed by atoms with Crippen molar-refractivity contribution in [1.29, 1.82) is 0 Å². The Kier molecular flexibility index (Phi) is 3.78. The molecule has 0 aliphatic carbocycles. The number of hydrogen-bond acceptors (Lipinski definition) is 3. The highest BCUT2D eigenvalue weighted by Gasteiger charge is 2.17. The second kappa shape index (κ2) is 5.19. The van der Waals surface area contributed by atoms with Gasteiger partial charge in [-0.15, -0.1) is 0 Å². The zero-order valence-electron chi connectivity index (χ0n) is 11.2. The summed E-state index contributed by atoms with van der Waals surface area (Å²) in [6.45, 7) is 5.63. The minimum absolute atomic E-state index is 0.156. The molecule has 0 amide bonds. The lowest BCUT2D eigenvalue weighted by Crippen LogP contribution is -2.23. The maximum absolute atomic E-state index is 12.2. The molecule has 0 saturated heterocycles. The van der Waals surface area contributed by atoms with Crippen LogP contribution >= 0.6 is 0 Å². The van der Waals surface area contributed by atoms with Crippen molar-refractivity contribution in [1.82, 2.24) is 4.72 Å². The van der Waals surface area contributed by atoms with Gasteiger partial charge in [0.05, 0.1) is 11.4 Å². The van der Waals surface area contributed by atoms with Gasteiger partial charge in [-0.3, -0.25) is 0 Å².